The van der Waals surface area contributed by atoms with Crippen molar-refractivity contribution in [1.82, 2.24) is 24.7 Å². The van der Waals surface area contributed by atoms with Crippen LogP contribution in [0.3, 0.4) is 0 Å². The number of aryl methyl sites for hydroxylation is 1. The zero-order chi connectivity index (χ0) is 13.4. The predicted octanol–water partition coefficient (Wildman–Crippen LogP) is 2.00. The zero-order valence-corrected chi connectivity index (χ0v) is 12.1. The van der Waals surface area contributed by atoms with E-state index in [-0.39, 0.29) is 0 Å². The summed E-state index contributed by atoms with van der Waals surface area (Å²) in [5.74, 6) is 2.77. The molecule has 2 N–H and O–H groups in total. The number of hydrogen-bond donors (Lipinski definition) is 1. The first-order valence-corrected chi connectivity index (χ1v) is 7.50. The summed E-state index contributed by atoms with van der Waals surface area (Å²) in [7, 11) is 1.94. The Morgan fingerprint density at radius 1 is 1.37 bits per heavy atom. The van der Waals surface area contributed by atoms with Gasteiger partial charge in [0.15, 0.2) is 5.16 Å². The molecular weight excluding hydrogens is 280 g/mol. The summed E-state index contributed by atoms with van der Waals surface area (Å²) < 4.78 is 1.94. The molecule has 0 aliphatic carbocycles. The Balaban J connectivity index is 1.83. The van der Waals surface area contributed by atoms with E-state index in [0.717, 1.165) is 27.0 Å². The lowest BCUT2D eigenvalue weighted by atomic mass is 10.4. The van der Waals surface area contributed by atoms with E-state index >= 15 is 0 Å². The molecule has 0 spiro atoms. The molecule has 0 aliphatic heterocycles. The van der Waals surface area contributed by atoms with E-state index in [1.807, 2.05) is 30.0 Å². The first kappa shape index (κ1) is 12.4. The summed E-state index contributed by atoms with van der Waals surface area (Å²) in [4.78, 5) is 9.74. The number of thioether (sulfide) groups is 1. The minimum atomic E-state index is 0.538. The highest BCUT2D eigenvalue weighted by Crippen LogP contribution is 2.25. The number of nitrogen functional groups attached to an aromatic ring is 1. The molecule has 0 fully saturated rings. The van der Waals surface area contributed by atoms with Crippen LogP contribution in [-0.2, 0) is 12.8 Å². The van der Waals surface area contributed by atoms with Gasteiger partial charge in [-0.1, -0.05) is 11.8 Å². The highest BCUT2D eigenvalue weighted by molar-refractivity contribution is 7.98. The Bertz CT molecular complexity index is 732. The maximum atomic E-state index is 5.92. The maximum Gasteiger partial charge on any atom is 0.191 e. The Kier molecular flexibility index (Phi) is 3.11. The van der Waals surface area contributed by atoms with Crippen LogP contribution in [0.15, 0.2) is 16.6 Å². The fourth-order valence-electron chi connectivity index (χ4n) is 1.63. The number of nitrogens with zero attached hydrogens (tertiary/aromatic N) is 5. The maximum absolute atomic E-state index is 5.92. The molecular formula is C11H12N6S2. The third-order valence-electron chi connectivity index (χ3n) is 2.78. The SMILES string of the molecule is Cc1nnc(SCc2nc(N)c3ccsc3n2)n1C. The number of aromatic nitrogens is 5. The molecule has 0 atom stereocenters. The van der Waals surface area contributed by atoms with Crippen LogP contribution in [-0.4, -0.2) is 24.7 Å². The van der Waals surface area contributed by atoms with Gasteiger partial charge in [-0.3, -0.25) is 0 Å². The molecule has 3 aromatic heterocycles. The second kappa shape index (κ2) is 4.78. The van der Waals surface area contributed by atoms with Crippen LogP contribution in [0.25, 0.3) is 10.2 Å². The molecule has 0 unspecified atom stereocenters. The van der Waals surface area contributed by atoms with Gasteiger partial charge in [-0.2, -0.15) is 0 Å². The third kappa shape index (κ3) is 2.28. The minimum absolute atomic E-state index is 0.538. The smallest absolute Gasteiger partial charge is 0.191 e. The average Bonchev–Trinajstić information content (AvgIpc) is 2.97. The van der Waals surface area contributed by atoms with Crippen LogP contribution in [0.1, 0.15) is 11.6 Å². The molecule has 8 heteroatoms. The molecule has 19 heavy (non-hydrogen) atoms. The van der Waals surface area contributed by atoms with Crippen LogP contribution in [0.5, 0.6) is 0 Å². The quantitative estimate of drug-likeness (QED) is 0.743. The van der Waals surface area contributed by atoms with Crippen molar-refractivity contribution in [2.45, 2.75) is 17.8 Å². The van der Waals surface area contributed by atoms with Gasteiger partial charge in [0.1, 0.15) is 22.3 Å². The molecule has 0 saturated heterocycles. The first-order chi connectivity index (χ1) is 9.15. The van der Waals surface area contributed by atoms with Crippen LogP contribution in [0.4, 0.5) is 5.82 Å². The monoisotopic (exact) mass is 292 g/mol. The molecule has 3 aromatic rings. The van der Waals surface area contributed by atoms with Crippen LogP contribution in [0, 0.1) is 6.92 Å². The van der Waals surface area contributed by atoms with Crippen molar-refractivity contribution >= 4 is 39.1 Å². The summed E-state index contributed by atoms with van der Waals surface area (Å²) in [6.45, 7) is 1.92. The van der Waals surface area contributed by atoms with Crippen molar-refractivity contribution in [3.63, 3.8) is 0 Å². The number of thiophene rings is 1. The number of fused-ring (bicyclic) bond motifs is 1. The van der Waals surface area contributed by atoms with Gasteiger partial charge in [0.05, 0.1) is 11.1 Å². The Hall–Kier alpha value is -1.67. The lowest BCUT2D eigenvalue weighted by Crippen LogP contribution is -1.99. The molecule has 3 rings (SSSR count). The van der Waals surface area contributed by atoms with Crippen LogP contribution in [0.2, 0.25) is 0 Å². The number of hydrogen-bond acceptors (Lipinski definition) is 7. The van der Waals surface area contributed by atoms with E-state index in [2.05, 4.69) is 20.2 Å². The summed E-state index contributed by atoms with van der Waals surface area (Å²) in [5.41, 5.74) is 5.92. The van der Waals surface area contributed by atoms with E-state index in [0.29, 0.717) is 11.6 Å². The van der Waals surface area contributed by atoms with E-state index in [4.69, 9.17) is 5.73 Å². The average molecular weight is 292 g/mol. The van der Waals surface area contributed by atoms with Gasteiger partial charge in [0, 0.05) is 7.05 Å². The lowest BCUT2D eigenvalue weighted by molar-refractivity contribution is 0.765. The van der Waals surface area contributed by atoms with E-state index in [1.54, 1.807) is 23.1 Å². The Morgan fingerprint density at radius 2 is 2.21 bits per heavy atom. The molecule has 0 amide bonds. The number of rotatable bonds is 3. The van der Waals surface area contributed by atoms with Gasteiger partial charge < -0.3 is 10.3 Å². The predicted molar refractivity (Wildman–Crippen MR) is 77.1 cm³/mol. The van der Waals surface area contributed by atoms with Gasteiger partial charge in [0.25, 0.3) is 0 Å². The van der Waals surface area contributed by atoms with Gasteiger partial charge in [-0.15, -0.1) is 21.5 Å². The van der Waals surface area contributed by atoms with E-state index < -0.39 is 0 Å². The Morgan fingerprint density at radius 3 is 2.95 bits per heavy atom. The largest absolute Gasteiger partial charge is 0.383 e. The first-order valence-electron chi connectivity index (χ1n) is 5.63. The van der Waals surface area contributed by atoms with Crippen molar-refractivity contribution in [3.05, 3.63) is 23.1 Å². The van der Waals surface area contributed by atoms with Crippen molar-refractivity contribution < 1.29 is 0 Å². The fraction of sp³-hybridized carbons (Fsp3) is 0.273. The topological polar surface area (TPSA) is 82.5 Å². The van der Waals surface area contributed by atoms with Gasteiger partial charge >= 0.3 is 0 Å². The Labute approximate surface area is 118 Å². The molecule has 0 bridgehead atoms. The lowest BCUT2D eigenvalue weighted by Gasteiger charge is -2.02. The standard InChI is InChI=1S/C11H12N6S2/c1-6-15-16-11(17(6)2)19-5-8-13-9(12)7-3-4-18-10(7)14-8/h3-4H,5H2,1-2H3,(H2,12,13,14). The highest BCUT2D eigenvalue weighted by atomic mass is 32.2. The zero-order valence-electron chi connectivity index (χ0n) is 10.5. The van der Waals surface area contributed by atoms with Crippen molar-refractivity contribution in [2.24, 2.45) is 7.05 Å². The minimum Gasteiger partial charge on any atom is -0.383 e. The summed E-state index contributed by atoms with van der Waals surface area (Å²) in [6.07, 6.45) is 0. The molecule has 0 saturated carbocycles. The van der Waals surface area contributed by atoms with Crippen molar-refractivity contribution in [2.75, 3.05) is 5.73 Å². The summed E-state index contributed by atoms with van der Waals surface area (Å²) >= 11 is 3.13. The fourth-order valence-corrected chi connectivity index (χ4v) is 3.23. The highest BCUT2D eigenvalue weighted by Gasteiger charge is 2.10. The normalized spacial score (nSPS) is 11.3. The molecule has 0 aliphatic rings. The van der Waals surface area contributed by atoms with Gasteiger partial charge in [0.2, 0.25) is 0 Å². The van der Waals surface area contributed by atoms with Crippen LogP contribution >= 0.6 is 23.1 Å². The molecule has 0 radical (unpaired) electrons. The summed E-state index contributed by atoms with van der Waals surface area (Å²) in [6, 6.07) is 1.94. The third-order valence-corrected chi connectivity index (χ3v) is 4.61. The molecule has 3 heterocycles. The van der Waals surface area contributed by atoms with Crippen molar-refractivity contribution in [3.8, 4) is 0 Å². The van der Waals surface area contributed by atoms with Crippen molar-refractivity contribution in [1.29, 1.82) is 0 Å². The van der Waals surface area contributed by atoms with Gasteiger partial charge in [-0.05, 0) is 18.4 Å². The summed E-state index contributed by atoms with van der Waals surface area (Å²) in [5, 5.41) is 11.9. The van der Waals surface area contributed by atoms with E-state index in [1.165, 1.54) is 0 Å². The van der Waals surface area contributed by atoms with E-state index in [9.17, 15) is 0 Å². The number of anilines is 1. The van der Waals surface area contributed by atoms with Crippen LogP contribution < -0.4 is 5.73 Å². The molecule has 6 nitrogen and oxygen atoms in total. The number of nitrogens with two attached hydrogens (primary N) is 1. The second-order valence-corrected chi connectivity index (χ2v) is 5.88. The molecule has 0 aromatic carbocycles. The molecule has 98 valence electrons. The second-order valence-electron chi connectivity index (χ2n) is 4.04. The van der Waals surface area contributed by atoms with Gasteiger partial charge in [-0.25, -0.2) is 9.97 Å².